The fraction of sp³-hybridized carbons (Fsp3) is 0.462. The number of rotatable bonds is 7. The number of carboxylic acids is 1. The van der Waals surface area contributed by atoms with Crippen LogP contribution in [-0.2, 0) is 4.79 Å². The molecule has 0 aliphatic rings. The average Bonchev–Trinajstić information content (AvgIpc) is 2.30. The van der Waals surface area contributed by atoms with Gasteiger partial charge in [0.1, 0.15) is 11.8 Å². The number of aryl methyl sites for hydroxylation is 1. The summed E-state index contributed by atoms with van der Waals surface area (Å²) >= 11 is 0. The average molecular weight is 237 g/mol. The number of hydrogen-bond acceptors (Lipinski definition) is 3. The van der Waals surface area contributed by atoms with Crippen LogP contribution in [0.25, 0.3) is 0 Å². The molecule has 0 amide bonds. The molecule has 0 aliphatic heterocycles. The van der Waals surface area contributed by atoms with Crippen molar-refractivity contribution in [3.05, 3.63) is 29.8 Å². The smallest absolute Gasteiger partial charge is 0.320 e. The summed E-state index contributed by atoms with van der Waals surface area (Å²) in [5.41, 5.74) is 1.17. The first-order valence-electron chi connectivity index (χ1n) is 5.79. The Bertz CT molecular complexity index is 348. The molecular weight excluding hydrogens is 218 g/mol. The van der Waals surface area contributed by atoms with Crippen LogP contribution in [0.1, 0.15) is 18.9 Å². The van der Waals surface area contributed by atoms with Gasteiger partial charge in [0.2, 0.25) is 0 Å². The van der Waals surface area contributed by atoms with E-state index in [4.69, 9.17) is 9.84 Å². The zero-order chi connectivity index (χ0) is 12.7. The van der Waals surface area contributed by atoms with Gasteiger partial charge in [-0.2, -0.15) is 0 Å². The summed E-state index contributed by atoms with van der Waals surface area (Å²) < 4.78 is 5.48. The maximum absolute atomic E-state index is 10.9. The van der Waals surface area contributed by atoms with E-state index < -0.39 is 12.0 Å². The van der Waals surface area contributed by atoms with E-state index in [1.54, 1.807) is 0 Å². The Labute approximate surface area is 102 Å². The number of aliphatic carboxylic acids is 1. The van der Waals surface area contributed by atoms with Crippen LogP contribution >= 0.6 is 0 Å². The van der Waals surface area contributed by atoms with Crippen molar-refractivity contribution in [2.75, 3.05) is 13.2 Å². The monoisotopic (exact) mass is 237 g/mol. The molecule has 1 atom stereocenters. The van der Waals surface area contributed by atoms with Crippen molar-refractivity contribution < 1.29 is 14.6 Å². The SMILES string of the molecule is CCNC(CCOc1ccc(C)cc1)C(=O)O. The second kappa shape index (κ2) is 6.91. The van der Waals surface area contributed by atoms with Crippen LogP contribution in [0.4, 0.5) is 0 Å². The van der Waals surface area contributed by atoms with Crippen molar-refractivity contribution in [1.29, 1.82) is 0 Å². The van der Waals surface area contributed by atoms with E-state index in [9.17, 15) is 4.79 Å². The molecule has 94 valence electrons. The Morgan fingerprint density at radius 3 is 2.59 bits per heavy atom. The zero-order valence-corrected chi connectivity index (χ0v) is 10.3. The lowest BCUT2D eigenvalue weighted by Gasteiger charge is -2.13. The van der Waals surface area contributed by atoms with Gasteiger partial charge in [0.05, 0.1) is 6.61 Å². The van der Waals surface area contributed by atoms with Gasteiger partial charge in [-0.3, -0.25) is 4.79 Å². The first kappa shape index (κ1) is 13.5. The van der Waals surface area contributed by atoms with Crippen molar-refractivity contribution in [1.82, 2.24) is 5.32 Å². The number of carbonyl (C=O) groups is 1. The van der Waals surface area contributed by atoms with Crippen molar-refractivity contribution in [3.8, 4) is 5.75 Å². The van der Waals surface area contributed by atoms with E-state index in [-0.39, 0.29) is 0 Å². The summed E-state index contributed by atoms with van der Waals surface area (Å²) in [5, 5.41) is 11.8. The van der Waals surface area contributed by atoms with Crippen LogP contribution < -0.4 is 10.1 Å². The highest BCUT2D eigenvalue weighted by Gasteiger charge is 2.15. The standard InChI is InChI=1S/C13H19NO3/c1-3-14-12(13(15)16)8-9-17-11-6-4-10(2)5-7-11/h4-7,12,14H,3,8-9H2,1-2H3,(H,15,16). The molecule has 1 rings (SSSR count). The second-order valence-corrected chi connectivity index (χ2v) is 3.90. The molecule has 2 N–H and O–H groups in total. The Balaban J connectivity index is 2.35. The predicted molar refractivity (Wildman–Crippen MR) is 66.4 cm³/mol. The molecular formula is C13H19NO3. The lowest BCUT2D eigenvalue weighted by atomic mass is 10.2. The van der Waals surface area contributed by atoms with E-state index in [1.165, 1.54) is 5.56 Å². The summed E-state index contributed by atoms with van der Waals surface area (Å²) in [6.07, 6.45) is 0.455. The largest absolute Gasteiger partial charge is 0.494 e. The van der Waals surface area contributed by atoms with Gasteiger partial charge in [0.25, 0.3) is 0 Å². The van der Waals surface area contributed by atoms with Crippen molar-refractivity contribution in [2.45, 2.75) is 26.3 Å². The third-order valence-electron chi connectivity index (χ3n) is 2.44. The molecule has 1 aromatic carbocycles. The number of carboxylic acid groups (broad SMARTS) is 1. The molecule has 0 heterocycles. The van der Waals surface area contributed by atoms with E-state index >= 15 is 0 Å². The summed E-state index contributed by atoms with van der Waals surface area (Å²) in [4.78, 5) is 10.9. The molecule has 0 aromatic heterocycles. The number of ether oxygens (including phenoxy) is 1. The fourth-order valence-electron chi connectivity index (χ4n) is 1.49. The summed E-state index contributed by atoms with van der Waals surface area (Å²) in [5.74, 6) is -0.0596. The number of nitrogens with one attached hydrogen (secondary N) is 1. The van der Waals surface area contributed by atoms with E-state index in [1.807, 2.05) is 38.1 Å². The fourth-order valence-corrected chi connectivity index (χ4v) is 1.49. The summed E-state index contributed by atoms with van der Waals surface area (Å²) in [6.45, 7) is 4.93. The summed E-state index contributed by atoms with van der Waals surface area (Å²) in [6, 6.07) is 7.17. The van der Waals surface area contributed by atoms with E-state index in [0.29, 0.717) is 19.6 Å². The normalized spacial score (nSPS) is 12.1. The highest BCUT2D eigenvalue weighted by Crippen LogP contribution is 2.11. The van der Waals surface area contributed by atoms with E-state index in [0.717, 1.165) is 5.75 Å². The van der Waals surface area contributed by atoms with Gasteiger partial charge in [0.15, 0.2) is 0 Å². The Kier molecular flexibility index (Phi) is 5.49. The number of benzene rings is 1. The van der Waals surface area contributed by atoms with Gasteiger partial charge >= 0.3 is 5.97 Å². The first-order valence-corrected chi connectivity index (χ1v) is 5.79. The van der Waals surface area contributed by atoms with Crippen LogP contribution in [0.2, 0.25) is 0 Å². The van der Waals surface area contributed by atoms with Crippen molar-refractivity contribution >= 4 is 5.97 Å². The molecule has 0 radical (unpaired) electrons. The molecule has 1 unspecified atom stereocenters. The minimum Gasteiger partial charge on any atom is -0.494 e. The lowest BCUT2D eigenvalue weighted by Crippen LogP contribution is -2.37. The summed E-state index contributed by atoms with van der Waals surface area (Å²) in [7, 11) is 0. The van der Waals surface area contributed by atoms with Crippen LogP contribution in [0.5, 0.6) is 5.75 Å². The number of likely N-dealkylation sites (N-methyl/N-ethyl adjacent to an activating group) is 1. The van der Waals surface area contributed by atoms with Gasteiger partial charge in [-0.1, -0.05) is 24.6 Å². The van der Waals surface area contributed by atoms with Gasteiger partial charge in [-0.05, 0) is 25.6 Å². The van der Waals surface area contributed by atoms with Crippen LogP contribution in [0.3, 0.4) is 0 Å². The van der Waals surface area contributed by atoms with Crippen LogP contribution in [0.15, 0.2) is 24.3 Å². The number of hydrogen-bond donors (Lipinski definition) is 2. The van der Waals surface area contributed by atoms with Gasteiger partial charge in [-0.15, -0.1) is 0 Å². The molecule has 0 saturated heterocycles. The molecule has 4 nitrogen and oxygen atoms in total. The molecule has 0 bridgehead atoms. The predicted octanol–water partition coefficient (Wildman–Crippen LogP) is 1.83. The quantitative estimate of drug-likeness (QED) is 0.759. The van der Waals surface area contributed by atoms with Gasteiger partial charge in [-0.25, -0.2) is 0 Å². The molecule has 1 aromatic rings. The molecule has 0 saturated carbocycles. The Morgan fingerprint density at radius 2 is 2.06 bits per heavy atom. The lowest BCUT2D eigenvalue weighted by molar-refractivity contribution is -0.139. The minimum absolute atomic E-state index is 0.396. The van der Waals surface area contributed by atoms with Gasteiger partial charge in [0, 0.05) is 6.42 Å². The molecule has 0 spiro atoms. The third-order valence-corrected chi connectivity index (χ3v) is 2.44. The van der Waals surface area contributed by atoms with Crippen LogP contribution in [-0.4, -0.2) is 30.3 Å². The maximum Gasteiger partial charge on any atom is 0.320 e. The molecule has 0 fully saturated rings. The zero-order valence-electron chi connectivity index (χ0n) is 10.3. The Hall–Kier alpha value is -1.55. The molecule has 17 heavy (non-hydrogen) atoms. The topological polar surface area (TPSA) is 58.6 Å². The Morgan fingerprint density at radius 1 is 1.41 bits per heavy atom. The third kappa shape index (κ3) is 4.87. The molecule has 4 heteroatoms. The van der Waals surface area contributed by atoms with Crippen molar-refractivity contribution in [2.24, 2.45) is 0 Å². The van der Waals surface area contributed by atoms with Crippen LogP contribution in [0, 0.1) is 6.92 Å². The minimum atomic E-state index is -0.834. The maximum atomic E-state index is 10.9. The highest BCUT2D eigenvalue weighted by atomic mass is 16.5. The second-order valence-electron chi connectivity index (χ2n) is 3.90. The van der Waals surface area contributed by atoms with Crippen molar-refractivity contribution in [3.63, 3.8) is 0 Å². The van der Waals surface area contributed by atoms with E-state index in [2.05, 4.69) is 5.32 Å². The first-order chi connectivity index (χ1) is 8.13. The molecule has 0 aliphatic carbocycles. The highest BCUT2D eigenvalue weighted by molar-refractivity contribution is 5.73. The van der Waals surface area contributed by atoms with Gasteiger partial charge < -0.3 is 15.2 Å².